The van der Waals surface area contributed by atoms with Gasteiger partial charge in [0.05, 0.1) is 5.69 Å². The van der Waals surface area contributed by atoms with Gasteiger partial charge in [-0.25, -0.2) is 9.38 Å². The lowest BCUT2D eigenvalue weighted by Crippen LogP contribution is -2.22. The molecule has 0 saturated carbocycles. The summed E-state index contributed by atoms with van der Waals surface area (Å²) in [5, 5.41) is 3.70. The molecule has 138 valence electrons. The lowest BCUT2D eigenvalue weighted by atomic mass is 10.1. The number of hydrogen-bond acceptors (Lipinski definition) is 3. The number of nitrogens with zero attached hydrogens (tertiary/aromatic N) is 1. The van der Waals surface area contributed by atoms with Crippen molar-refractivity contribution < 1.29 is 13.6 Å². The van der Waals surface area contributed by atoms with Crippen LogP contribution in [-0.2, 0) is 0 Å². The highest BCUT2D eigenvalue weighted by Gasteiger charge is 2.14. The molecule has 0 bridgehead atoms. The first kappa shape index (κ1) is 17.7. The summed E-state index contributed by atoms with van der Waals surface area (Å²) in [6.45, 7) is 1.92. The normalized spacial score (nSPS) is 11.6. The van der Waals surface area contributed by atoms with E-state index in [4.69, 9.17) is 4.42 Å². The number of anilines is 1. The maximum Gasteiger partial charge on any atom is 0.261 e. The average molecular weight is 372 g/mol. The van der Waals surface area contributed by atoms with Gasteiger partial charge in [-0.2, -0.15) is 0 Å². The summed E-state index contributed by atoms with van der Waals surface area (Å²) >= 11 is 0. The van der Waals surface area contributed by atoms with Gasteiger partial charge in [-0.05, 0) is 55.0 Å². The van der Waals surface area contributed by atoms with Gasteiger partial charge < -0.3 is 9.73 Å². The minimum absolute atomic E-state index is 0.163. The van der Waals surface area contributed by atoms with E-state index in [1.807, 2.05) is 55.5 Å². The van der Waals surface area contributed by atoms with Crippen LogP contribution in [0.25, 0.3) is 11.0 Å². The molecule has 1 heterocycles. The Bertz CT molecular complexity index is 1230. The molecule has 0 fully saturated rings. The summed E-state index contributed by atoms with van der Waals surface area (Å²) in [5.74, 6) is -0.684. The molecule has 4 nitrogen and oxygen atoms in total. The summed E-state index contributed by atoms with van der Waals surface area (Å²) in [6, 6.07) is 22.3. The molecule has 0 aliphatic rings. The number of benzene rings is 3. The van der Waals surface area contributed by atoms with Gasteiger partial charge in [0.15, 0.2) is 0 Å². The van der Waals surface area contributed by atoms with Crippen LogP contribution in [0.3, 0.4) is 0 Å². The van der Waals surface area contributed by atoms with E-state index in [1.165, 1.54) is 24.3 Å². The number of amides is 1. The molecule has 28 heavy (non-hydrogen) atoms. The standard InChI is InChI=1S/C23H17FN2O2/c1-15-6-2-4-8-20(15)26-22(27)19-14-16-7-3-5-9-21(16)28-23(19)25-18-12-10-17(24)11-13-18/h2-14H,1H3,(H,26,27). The topological polar surface area (TPSA) is 54.6 Å². The number of aryl methyl sites for hydroxylation is 1. The zero-order valence-electron chi connectivity index (χ0n) is 15.1. The van der Waals surface area contributed by atoms with Gasteiger partial charge in [0.2, 0.25) is 5.55 Å². The Morgan fingerprint density at radius 1 is 0.964 bits per heavy atom. The molecule has 0 unspecified atom stereocenters. The van der Waals surface area contributed by atoms with Gasteiger partial charge in [-0.3, -0.25) is 4.79 Å². The van der Waals surface area contributed by atoms with Gasteiger partial charge in [0.1, 0.15) is 17.0 Å². The van der Waals surface area contributed by atoms with Gasteiger partial charge in [0.25, 0.3) is 5.91 Å². The number of fused-ring (bicyclic) bond motifs is 1. The second kappa shape index (κ2) is 7.48. The van der Waals surface area contributed by atoms with E-state index < -0.39 is 0 Å². The second-order valence-corrected chi connectivity index (χ2v) is 6.36. The monoisotopic (exact) mass is 372 g/mol. The van der Waals surface area contributed by atoms with Crippen molar-refractivity contribution in [3.63, 3.8) is 0 Å². The average Bonchev–Trinajstić information content (AvgIpc) is 2.71. The van der Waals surface area contributed by atoms with Crippen LogP contribution in [0.15, 0.2) is 88.3 Å². The first-order valence-electron chi connectivity index (χ1n) is 8.80. The third-order valence-electron chi connectivity index (χ3n) is 4.35. The van der Waals surface area contributed by atoms with Crippen molar-refractivity contribution in [1.82, 2.24) is 0 Å². The minimum Gasteiger partial charge on any atom is -0.438 e. The molecule has 1 aromatic heterocycles. The third kappa shape index (κ3) is 3.69. The van der Waals surface area contributed by atoms with Crippen molar-refractivity contribution in [1.29, 1.82) is 0 Å². The predicted octanol–water partition coefficient (Wildman–Crippen LogP) is 5.37. The molecule has 5 heteroatoms. The molecule has 0 aliphatic heterocycles. The van der Waals surface area contributed by atoms with Crippen molar-refractivity contribution in [3.05, 3.63) is 101 Å². The van der Waals surface area contributed by atoms with E-state index >= 15 is 0 Å². The van der Waals surface area contributed by atoms with Gasteiger partial charge >= 0.3 is 0 Å². The van der Waals surface area contributed by atoms with Crippen LogP contribution >= 0.6 is 0 Å². The van der Waals surface area contributed by atoms with Crippen LogP contribution in [-0.4, -0.2) is 5.91 Å². The van der Waals surface area contributed by atoms with Crippen molar-refractivity contribution in [3.8, 4) is 0 Å². The van der Waals surface area contributed by atoms with Crippen molar-refractivity contribution >= 4 is 28.3 Å². The first-order valence-corrected chi connectivity index (χ1v) is 8.80. The van der Waals surface area contributed by atoms with E-state index in [-0.39, 0.29) is 17.3 Å². The number of hydrogen-bond donors (Lipinski definition) is 1. The van der Waals surface area contributed by atoms with Crippen LogP contribution in [0.2, 0.25) is 0 Å². The van der Waals surface area contributed by atoms with E-state index in [2.05, 4.69) is 10.3 Å². The summed E-state index contributed by atoms with van der Waals surface area (Å²) < 4.78 is 19.1. The van der Waals surface area contributed by atoms with Crippen LogP contribution in [0.5, 0.6) is 0 Å². The lowest BCUT2D eigenvalue weighted by Gasteiger charge is -2.09. The smallest absolute Gasteiger partial charge is 0.261 e. The number of carbonyl (C=O) groups is 1. The maximum absolute atomic E-state index is 13.2. The van der Waals surface area contributed by atoms with Gasteiger partial charge in [-0.1, -0.05) is 36.4 Å². The lowest BCUT2D eigenvalue weighted by molar-refractivity contribution is 0.102. The first-order chi connectivity index (χ1) is 13.6. The molecular formula is C23H17FN2O2. The SMILES string of the molecule is Cc1ccccc1NC(=O)c1cc2ccccc2oc1=Nc1ccc(F)cc1. The molecule has 0 spiro atoms. The van der Waals surface area contributed by atoms with Gasteiger partial charge in [0, 0.05) is 11.1 Å². The fourth-order valence-electron chi connectivity index (χ4n) is 2.85. The van der Waals surface area contributed by atoms with Crippen LogP contribution in [0, 0.1) is 12.7 Å². The number of rotatable bonds is 3. The number of halogens is 1. The molecule has 0 atom stereocenters. The van der Waals surface area contributed by atoms with Crippen molar-refractivity contribution in [2.75, 3.05) is 5.32 Å². The number of nitrogens with one attached hydrogen (secondary N) is 1. The Morgan fingerprint density at radius 2 is 1.68 bits per heavy atom. The highest BCUT2D eigenvalue weighted by atomic mass is 19.1. The molecule has 1 amide bonds. The summed E-state index contributed by atoms with van der Waals surface area (Å²) in [5.41, 5.74) is 3.22. The van der Waals surface area contributed by atoms with Crippen LogP contribution < -0.4 is 10.9 Å². The van der Waals surface area contributed by atoms with Crippen LogP contribution in [0.1, 0.15) is 15.9 Å². The number of carbonyl (C=O) groups excluding carboxylic acids is 1. The molecule has 3 aromatic carbocycles. The Morgan fingerprint density at radius 3 is 2.46 bits per heavy atom. The molecule has 1 N–H and O–H groups in total. The van der Waals surface area contributed by atoms with E-state index in [1.54, 1.807) is 6.07 Å². The summed E-state index contributed by atoms with van der Waals surface area (Å²) in [6.07, 6.45) is 0. The Labute approximate surface area is 161 Å². The molecule has 4 aromatic rings. The van der Waals surface area contributed by atoms with E-state index in [9.17, 15) is 9.18 Å². The van der Waals surface area contributed by atoms with Crippen molar-refractivity contribution in [2.24, 2.45) is 4.99 Å². The summed E-state index contributed by atoms with van der Waals surface area (Å²) in [7, 11) is 0. The molecule has 0 saturated heterocycles. The fourth-order valence-corrected chi connectivity index (χ4v) is 2.85. The summed E-state index contributed by atoms with van der Waals surface area (Å²) in [4.78, 5) is 17.4. The van der Waals surface area contributed by atoms with E-state index in [0.29, 0.717) is 22.5 Å². The highest BCUT2D eigenvalue weighted by molar-refractivity contribution is 6.05. The number of para-hydroxylation sites is 2. The molecule has 0 aliphatic carbocycles. The zero-order chi connectivity index (χ0) is 19.5. The molecule has 4 rings (SSSR count). The van der Waals surface area contributed by atoms with E-state index in [0.717, 1.165) is 10.9 Å². The minimum atomic E-state index is -0.355. The Kier molecular flexibility index (Phi) is 4.72. The highest BCUT2D eigenvalue weighted by Crippen LogP contribution is 2.18. The molecule has 0 radical (unpaired) electrons. The predicted molar refractivity (Wildman–Crippen MR) is 107 cm³/mol. The Balaban J connectivity index is 1.84. The zero-order valence-corrected chi connectivity index (χ0v) is 15.1. The fraction of sp³-hybridized carbons (Fsp3) is 0.0435. The maximum atomic E-state index is 13.2. The van der Waals surface area contributed by atoms with Gasteiger partial charge in [-0.15, -0.1) is 0 Å². The Hall–Kier alpha value is -3.73. The largest absolute Gasteiger partial charge is 0.438 e. The quantitative estimate of drug-likeness (QED) is 0.526. The van der Waals surface area contributed by atoms with Crippen molar-refractivity contribution in [2.45, 2.75) is 6.92 Å². The van der Waals surface area contributed by atoms with Crippen LogP contribution in [0.4, 0.5) is 15.8 Å². The second-order valence-electron chi connectivity index (χ2n) is 6.36. The molecular weight excluding hydrogens is 355 g/mol. The third-order valence-corrected chi connectivity index (χ3v) is 4.35.